The highest BCUT2D eigenvalue weighted by Gasteiger charge is 2.33. The lowest BCUT2D eigenvalue weighted by Crippen LogP contribution is -2.38. The third kappa shape index (κ3) is 4.17. The summed E-state index contributed by atoms with van der Waals surface area (Å²) in [5.74, 6) is 1.48. The molecule has 2 aliphatic rings. The second kappa shape index (κ2) is 8.69. The first-order valence-electron chi connectivity index (χ1n) is 11.8. The number of carbonyl (C=O) groups is 1. The molecule has 1 aromatic carbocycles. The van der Waals surface area contributed by atoms with E-state index in [1.165, 1.54) is 0 Å². The Morgan fingerprint density at radius 1 is 1.15 bits per heavy atom. The minimum absolute atomic E-state index is 0.0230. The average Bonchev–Trinajstić information content (AvgIpc) is 3.37. The molecule has 1 amide bonds. The summed E-state index contributed by atoms with van der Waals surface area (Å²) >= 11 is 0. The smallest absolute Gasteiger partial charge is 0.254 e. The molecule has 4 heterocycles. The lowest BCUT2D eigenvalue weighted by atomic mass is 9.97. The van der Waals surface area contributed by atoms with Crippen LogP contribution in [0.4, 0.5) is 0 Å². The van der Waals surface area contributed by atoms with Crippen molar-refractivity contribution in [3.8, 4) is 17.0 Å². The number of ether oxygens (including phenoxy) is 1. The Labute approximate surface area is 199 Å². The molecule has 2 aliphatic heterocycles. The van der Waals surface area contributed by atoms with E-state index in [9.17, 15) is 13.2 Å². The van der Waals surface area contributed by atoms with E-state index in [1.807, 2.05) is 42.2 Å². The Kier molecular flexibility index (Phi) is 5.83. The molecule has 3 aromatic rings. The predicted molar refractivity (Wildman–Crippen MR) is 131 cm³/mol. The molecule has 0 spiro atoms. The van der Waals surface area contributed by atoms with Crippen LogP contribution in [0.1, 0.15) is 48.3 Å². The Morgan fingerprint density at radius 2 is 1.91 bits per heavy atom. The molecule has 180 valence electrons. The number of hydrogen-bond donors (Lipinski definition) is 0. The standard InChI is InChI=1S/C25H30N4O4S/c1-16-7-10-28(11-8-16)25(30)21-14-22(18-5-4-6-20(13-18)33-3)26-24-23(21)17(2)27-29(24)19-9-12-34(31,32)15-19/h4-6,13-14,16,19H,7-12,15H2,1-3H3. The number of pyridine rings is 1. The molecular formula is C25H30N4O4S. The lowest BCUT2D eigenvalue weighted by molar-refractivity contribution is 0.0699. The Hall–Kier alpha value is -2.94. The number of methoxy groups -OCH3 is 1. The summed E-state index contributed by atoms with van der Waals surface area (Å²) in [7, 11) is -1.49. The van der Waals surface area contributed by atoms with E-state index in [2.05, 4.69) is 6.92 Å². The number of hydrogen-bond acceptors (Lipinski definition) is 6. The maximum atomic E-state index is 13.8. The van der Waals surface area contributed by atoms with Crippen molar-refractivity contribution in [2.45, 2.75) is 39.2 Å². The van der Waals surface area contributed by atoms with Gasteiger partial charge in [-0.1, -0.05) is 19.1 Å². The van der Waals surface area contributed by atoms with E-state index in [-0.39, 0.29) is 23.5 Å². The monoisotopic (exact) mass is 482 g/mol. The third-order valence-corrected chi connectivity index (χ3v) is 8.81. The van der Waals surface area contributed by atoms with Gasteiger partial charge >= 0.3 is 0 Å². The number of aromatic nitrogens is 3. The number of benzene rings is 1. The van der Waals surface area contributed by atoms with Crippen LogP contribution in [0.15, 0.2) is 30.3 Å². The maximum Gasteiger partial charge on any atom is 0.254 e. The number of rotatable bonds is 4. The zero-order valence-corrected chi connectivity index (χ0v) is 20.6. The van der Waals surface area contributed by atoms with Crippen LogP contribution in [0.5, 0.6) is 5.75 Å². The van der Waals surface area contributed by atoms with Crippen LogP contribution < -0.4 is 4.74 Å². The van der Waals surface area contributed by atoms with Crippen LogP contribution in [0.2, 0.25) is 0 Å². The topological polar surface area (TPSA) is 94.4 Å². The van der Waals surface area contributed by atoms with Gasteiger partial charge in [0.25, 0.3) is 5.91 Å². The highest BCUT2D eigenvalue weighted by molar-refractivity contribution is 7.91. The fourth-order valence-electron chi connectivity index (χ4n) is 5.02. The molecule has 0 saturated carbocycles. The first-order chi connectivity index (χ1) is 16.3. The Morgan fingerprint density at radius 3 is 2.59 bits per heavy atom. The molecule has 2 aromatic heterocycles. The van der Waals surface area contributed by atoms with Crippen molar-refractivity contribution in [2.24, 2.45) is 5.92 Å². The molecule has 5 rings (SSSR count). The number of aryl methyl sites for hydroxylation is 1. The third-order valence-electron chi connectivity index (χ3n) is 7.06. The number of sulfone groups is 1. The van der Waals surface area contributed by atoms with Gasteiger partial charge in [0.05, 0.1) is 47.0 Å². The summed E-state index contributed by atoms with van der Waals surface area (Å²) in [5, 5.41) is 5.41. The molecule has 0 bridgehead atoms. The van der Waals surface area contributed by atoms with Crippen molar-refractivity contribution in [2.75, 3.05) is 31.7 Å². The van der Waals surface area contributed by atoms with Gasteiger partial charge in [0, 0.05) is 18.7 Å². The van der Waals surface area contributed by atoms with Crippen molar-refractivity contribution >= 4 is 26.8 Å². The molecule has 8 nitrogen and oxygen atoms in total. The molecule has 0 radical (unpaired) electrons. The highest BCUT2D eigenvalue weighted by atomic mass is 32.2. The van der Waals surface area contributed by atoms with Crippen molar-refractivity contribution in [3.05, 3.63) is 41.6 Å². The molecular weight excluding hydrogens is 452 g/mol. The summed E-state index contributed by atoms with van der Waals surface area (Å²) in [5.41, 5.74) is 3.29. The van der Waals surface area contributed by atoms with Gasteiger partial charge in [0.15, 0.2) is 15.5 Å². The zero-order valence-electron chi connectivity index (χ0n) is 19.8. The maximum absolute atomic E-state index is 13.8. The lowest BCUT2D eigenvalue weighted by Gasteiger charge is -2.30. The number of amides is 1. The predicted octanol–water partition coefficient (Wildman–Crippen LogP) is 3.65. The Balaban J connectivity index is 1.68. The van der Waals surface area contributed by atoms with Crippen LogP contribution in [-0.2, 0) is 9.84 Å². The molecule has 34 heavy (non-hydrogen) atoms. The molecule has 9 heteroatoms. The van der Waals surface area contributed by atoms with Gasteiger partial charge < -0.3 is 9.64 Å². The summed E-state index contributed by atoms with van der Waals surface area (Å²) in [6.07, 6.45) is 2.47. The van der Waals surface area contributed by atoms with E-state index in [0.717, 1.165) is 31.5 Å². The molecule has 1 unspecified atom stereocenters. The fourth-order valence-corrected chi connectivity index (χ4v) is 6.71. The largest absolute Gasteiger partial charge is 0.497 e. The number of piperidine rings is 1. The van der Waals surface area contributed by atoms with Crippen molar-refractivity contribution in [1.29, 1.82) is 0 Å². The molecule has 2 saturated heterocycles. The van der Waals surface area contributed by atoms with Gasteiger partial charge in [-0.15, -0.1) is 0 Å². The number of fused-ring (bicyclic) bond motifs is 1. The summed E-state index contributed by atoms with van der Waals surface area (Å²) in [6.45, 7) is 5.54. The molecule has 0 aliphatic carbocycles. The van der Waals surface area contributed by atoms with E-state index in [0.29, 0.717) is 46.1 Å². The summed E-state index contributed by atoms with van der Waals surface area (Å²) in [6, 6.07) is 9.13. The van der Waals surface area contributed by atoms with Crippen LogP contribution in [-0.4, -0.2) is 65.7 Å². The van der Waals surface area contributed by atoms with Crippen molar-refractivity contribution < 1.29 is 17.9 Å². The van der Waals surface area contributed by atoms with Gasteiger partial charge in [0.1, 0.15) is 5.75 Å². The number of carbonyl (C=O) groups excluding carboxylic acids is 1. The fraction of sp³-hybridized carbons (Fsp3) is 0.480. The quantitative estimate of drug-likeness (QED) is 0.563. The van der Waals surface area contributed by atoms with Crippen LogP contribution in [0.25, 0.3) is 22.3 Å². The molecule has 0 N–H and O–H groups in total. The van der Waals surface area contributed by atoms with Gasteiger partial charge in [-0.3, -0.25) is 4.79 Å². The van der Waals surface area contributed by atoms with E-state index < -0.39 is 9.84 Å². The van der Waals surface area contributed by atoms with E-state index >= 15 is 0 Å². The van der Waals surface area contributed by atoms with Crippen molar-refractivity contribution in [1.82, 2.24) is 19.7 Å². The van der Waals surface area contributed by atoms with E-state index in [4.69, 9.17) is 14.8 Å². The second-order valence-corrected chi connectivity index (χ2v) is 11.8. The second-order valence-electron chi connectivity index (χ2n) is 9.55. The Bertz CT molecular complexity index is 1360. The first kappa shape index (κ1) is 22.8. The summed E-state index contributed by atoms with van der Waals surface area (Å²) < 4.78 is 31.5. The minimum Gasteiger partial charge on any atom is -0.497 e. The zero-order chi connectivity index (χ0) is 24.0. The molecule has 1 atom stereocenters. The normalized spacial score (nSPS) is 20.7. The first-order valence-corrected chi connectivity index (χ1v) is 13.6. The average molecular weight is 483 g/mol. The van der Waals surface area contributed by atoms with Crippen LogP contribution in [0.3, 0.4) is 0 Å². The van der Waals surface area contributed by atoms with Gasteiger partial charge in [-0.25, -0.2) is 18.1 Å². The van der Waals surface area contributed by atoms with E-state index in [1.54, 1.807) is 11.8 Å². The number of likely N-dealkylation sites (tertiary alicyclic amines) is 1. The molecule has 2 fully saturated rings. The highest BCUT2D eigenvalue weighted by Crippen LogP contribution is 2.33. The minimum atomic E-state index is -3.10. The van der Waals surface area contributed by atoms with Gasteiger partial charge in [0.2, 0.25) is 0 Å². The summed E-state index contributed by atoms with van der Waals surface area (Å²) in [4.78, 5) is 20.6. The van der Waals surface area contributed by atoms with Crippen LogP contribution >= 0.6 is 0 Å². The van der Waals surface area contributed by atoms with Crippen molar-refractivity contribution in [3.63, 3.8) is 0 Å². The van der Waals surface area contributed by atoms with Gasteiger partial charge in [-0.05, 0) is 50.3 Å². The van der Waals surface area contributed by atoms with Crippen LogP contribution in [0, 0.1) is 12.8 Å². The SMILES string of the molecule is COc1cccc(-c2cc(C(=O)N3CCC(C)CC3)c3c(C)nn(C4CCS(=O)(=O)C4)c3n2)c1. The van der Waals surface area contributed by atoms with Gasteiger partial charge in [-0.2, -0.15) is 5.10 Å². The number of nitrogens with zero attached hydrogens (tertiary/aromatic N) is 4.